The van der Waals surface area contributed by atoms with Crippen LogP contribution in [0.25, 0.3) is 28.2 Å². The fourth-order valence-electron chi connectivity index (χ4n) is 2.90. The van der Waals surface area contributed by atoms with Gasteiger partial charge in [-0.15, -0.1) is 0 Å². The number of nitrogens with zero attached hydrogens (tertiary/aromatic N) is 3. The lowest BCUT2D eigenvalue weighted by atomic mass is 10.1. The maximum Gasteiger partial charge on any atom is 0.356 e. The molecule has 4 rings (SSSR count). The van der Waals surface area contributed by atoms with E-state index in [-0.39, 0.29) is 5.69 Å². The summed E-state index contributed by atoms with van der Waals surface area (Å²) in [5, 5.41) is 14.6. The molecule has 0 aliphatic carbocycles. The Morgan fingerprint density at radius 1 is 1.07 bits per heavy atom. The molecule has 0 aliphatic rings. The molecule has 0 saturated carbocycles. The van der Waals surface area contributed by atoms with Crippen LogP contribution in [0.4, 0.5) is 0 Å². The summed E-state index contributed by atoms with van der Waals surface area (Å²) < 4.78 is 6.79. The third-order valence-corrected chi connectivity index (χ3v) is 4.76. The minimum atomic E-state index is -1.13. The zero-order chi connectivity index (χ0) is 19.8. The first-order valence-corrected chi connectivity index (χ1v) is 8.96. The third kappa shape index (κ3) is 3.28. The predicted octanol–water partition coefficient (Wildman–Crippen LogP) is 5.08. The molecule has 0 spiro atoms. The van der Waals surface area contributed by atoms with E-state index in [0.29, 0.717) is 32.8 Å². The lowest BCUT2D eigenvalue weighted by Crippen LogP contribution is -2.01. The van der Waals surface area contributed by atoms with Gasteiger partial charge in [-0.3, -0.25) is 0 Å². The number of carbonyl (C=O) groups is 1. The second-order valence-corrected chi connectivity index (χ2v) is 6.83. The van der Waals surface area contributed by atoms with E-state index in [0.717, 1.165) is 11.1 Å². The molecule has 28 heavy (non-hydrogen) atoms. The van der Waals surface area contributed by atoms with E-state index in [2.05, 4.69) is 10.1 Å². The molecule has 0 unspecified atom stereocenters. The number of halogens is 2. The van der Waals surface area contributed by atoms with E-state index >= 15 is 0 Å². The first kappa shape index (κ1) is 18.3. The molecule has 2 aromatic heterocycles. The van der Waals surface area contributed by atoms with Gasteiger partial charge in [0.15, 0.2) is 11.3 Å². The van der Waals surface area contributed by atoms with E-state index < -0.39 is 5.97 Å². The Hall–Kier alpha value is -3.09. The number of hydrogen-bond donors (Lipinski definition) is 1. The molecule has 0 saturated heterocycles. The molecule has 0 bridgehead atoms. The molecule has 2 aromatic carbocycles. The number of carboxylic acid groups (broad SMARTS) is 1. The number of hydrogen-bond acceptors (Lipinski definition) is 4. The topological polar surface area (TPSA) is 76.7 Å². The standard InChI is InChI=1S/C20H13Cl2N3O3/c1-28-18-8-12(5-6-14(18)22)17-9-15(11-3-2-4-13(21)7-11)23-19-10-16(20(26)27)24-25(17)19/h2-10H,1H3,(H,26,27). The Bertz CT molecular complexity index is 1220. The highest BCUT2D eigenvalue weighted by atomic mass is 35.5. The normalized spacial score (nSPS) is 11.0. The van der Waals surface area contributed by atoms with Gasteiger partial charge in [0, 0.05) is 22.2 Å². The Balaban J connectivity index is 2.01. The highest BCUT2D eigenvalue weighted by molar-refractivity contribution is 6.32. The van der Waals surface area contributed by atoms with Gasteiger partial charge in [-0.05, 0) is 30.3 Å². The quantitative estimate of drug-likeness (QED) is 0.504. The first-order valence-electron chi connectivity index (χ1n) is 8.20. The van der Waals surface area contributed by atoms with Crippen molar-refractivity contribution >= 4 is 34.8 Å². The van der Waals surface area contributed by atoms with Crippen LogP contribution in [0.1, 0.15) is 10.5 Å². The van der Waals surface area contributed by atoms with Crippen molar-refractivity contribution in [2.75, 3.05) is 7.11 Å². The molecule has 0 atom stereocenters. The van der Waals surface area contributed by atoms with Crippen molar-refractivity contribution in [2.24, 2.45) is 0 Å². The van der Waals surface area contributed by atoms with Crippen LogP contribution in [0.2, 0.25) is 10.0 Å². The molecule has 140 valence electrons. The summed E-state index contributed by atoms with van der Waals surface area (Å²) in [6, 6.07) is 15.8. The third-order valence-electron chi connectivity index (χ3n) is 4.21. The second kappa shape index (κ2) is 7.14. The number of ether oxygens (including phenoxy) is 1. The number of fused-ring (bicyclic) bond motifs is 1. The van der Waals surface area contributed by atoms with Gasteiger partial charge in [-0.1, -0.05) is 41.4 Å². The van der Waals surface area contributed by atoms with Crippen molar-refractivity contribution < 1.29 is 14.6 Å². The number of methoxy groups -OCH3 is 1. The van der Waals surface area contributed by atoms with Crippen LogP contribution < -0.4 is 4.74 Å². The van der Waals surface area contributed by atoms with Crippen LogP contribution in [0.15, 0.2) is 54.6 Å². The van der Waals surface area contributed by atoms with Crippen LogP contribution in [0.5, 0.6) is 5.75 Å². The van der Waals surface area contributed by atoms with E-state index in [1.54, 1.807) is 24.3 Å². The number of rotatable bonds is 4. The van der Waals surface area contributed by atoms with Gasteiger partial charge in [-0.2, -0.15) is 5.10 Å². The van der Waals surface area contributed by atoms with Gasteiger partial charge >= 0.3 is 5.97 Å². The van der Waals surface area contributed by atoms with Gasteiger partial charge < -0.3 is 9.84 Å². The van der Waals surface area contributed by atoms with E-state index in [1.165, 1.54) is 17.7 Å². The van der Waals surface area contributed by atoms with Crippen molar-refractivity contribution in [3.63, 3.8) is 0 Å². The number of carboxylic acids is 1. The monoisotopic (exact) mass is 413 g/mol. The predicted molar refractivity (Wildman–Crippen MR) is 107 cm³/mol. The van der Waals surface area contributed by atoms with Crippen LogP contribution in [0, 0.1) is 0 Å². The molecule has 0 aliphatic heterocycles. The van der Waals surface area contributed by atoms with Crippen molar-refractivity contribution in [1.29, 1.82) is 0 Å². The molecule has 0 radical (unpaired) electrons. The Morgan fingerprint density at radius 2 is 1.89 bits per heavy atom. The van der Waals surface area contributed by atoms with Crippen LogP contribution in [0.3, 0.4) is 0 Å². The summed E-state index contributed by atoms with van der Waals surface area (Å²) in [6.07, 6.45) is 0. The summed E-state index contributed by atoms with van der Waals surface area (Å²) in [4.78, 5) is 16.0. The highest BCUT2D eigenvalue weighted by Gasteiger charge is 2.16. The summed E-state index contributed by atoms with van der Waals surface area (Å²) in [5.41, 5.74) is 3.13. The average Bonchev–Trinajstić information content (AvgIpc) is 3.12. The van der Waals surface area contributed by atoms with E-state index in [9.17, 15) is 9.90 Å². The molecular weight excluding hydrogens is 401 g/mol. The second-order valence-electron chi connectivity index (χ2n) is 5.99. The summed E-state index contributed by atoms with van der Waals surface area (Å²) >= 11 is 12.3. The molecule has 0 fully saturated rings. The first-order chi connectivity index (χ1) is 13.5. The molecule has 2 heterocycles. The molecular formula is C20H13Cl2N3O3. The van der Waals surface area contributed by atoms with Crippen molar-refractivity contribution in [3.8, 4) is 28.3 Å². The number of benzene rings is 2. The zero-order valence-electron chi connectivity index (χ0n) is 14.6. The van der Waals surface area contributed by atoms with Gasteiger partial charge in [0.1, 0.15) is 5.75 Å². The minimum absolute atomic E-state index is 0.0991. The fraction of sp³-hybridized carbons (Fsp3) is 0.0500. The van der Waals surface area contributed by atoms with Gasteiger partial charge in [0.25, 0.3) is 0 Å². The fourth-order valence-corrected chi connectivity index (χ4v) is 3.28. The minimum Gasteiger partial charge on any atom is -0.495 e. The molecule has 1 N–H and O–H groups in total. The van der Waals surface area contributed by atoms with Gasteiger partial charge in [0.2, 0.25) is 0 Å². The van der Waals surface area contributed by atoms with Crippen molar-refractivity contribution in [1.82, 2.24) is 14.6 Å². The number of aromatic carboxylic acids is 1. The van der Waals surface area contributed by atoms with E-state index in [1.807, 2.05) is 24.3 Å². The largest absolute Gasteiger partial charge is 0.495 e. The summed E-state index contributed by atoms with van der Waals surface area (Å²) in [5.74, 6) is -0.631. The zero-order valence-corrected chi connectivity index (χ0v) is 16.1. The van der Waals surface area contributed by atoms with Gasteiger partial charge in [-0.25, -0.2) is 14.3 Å². The Morgan fingerprint density at radius 3 is 2.61 bits per heavy atom. The van der Waals surface area contributed by atoms with Gasteiger partial charge in [0.05, 0.1) is 23.5 Å². The molecule has 4 aromatic rings. The van der Waals surface area contributed by atoms with Crippen LogP contribution in [-0.2, 0) is 0 Å². The van der Waals surface area contributed by atoms with Crippen molar-refractivity contribution in [2.45, 2.75) is 0 Å². The van der Waals surface area contributed by atoms with E-state index in [4.69, 9.17) is 27.9 Å². The van der Waals surface area contributed by atoms with Crippen molar-refractivity contribution in [3.05, 3.63) is 70.3 Å². The lowest BCUT2D eigenvalue weighted by molar-refractivity contribution is 0.0690. The molecule has 6 nitrogen and oxygen atoms in total. The SMILES string of the molecule is COc1cc(-c2cc(-c3cccc(Cl)c3)nc3cc(C(=O)O)nn23)ccc1Cl. The maximum atomic E-state index is 11.4. The van der Waals surface area contributed by atoms with Crippen LogP contribution in [-0.4, -0.2) is 32.8 Å². The summed E-state index contributed by atoms with van der Waals surface area (Å²) in [6.45, 7) is 0. The average molecular weight is 414 g/mol. The molecule has 0 amide bonds. The highest BCUT2D eigenvalue weighted by Crippen LogP contribution is 2.33. The Labute approximate surface area is 169 Å². The number of aromatic nitrogens is 3. The molecule has 8 heteroatoms. The lowest BCUT2D eigenvalue weighted by Gasteiger charge is -2.11. The maximum absolute atomic E-state index is 11.4. The summed E-state index contributed by atoms with van der Waals surface area (Å²) in [7, 11) is 1.53. The van der Waals surface area contributed by atoms with Crippen LogP contribution >= 0.6 is 23.2 Å². The smallest absolute Gasteiger partial charge is 0.356 e. The Kier molecular flexibility index (Phi) is 4.66.